The summed E-state index contributed by atoms with van der Waals surface area (Å²) in [6.07, 6.45) is -4.39. The number of benzene rings is 1. The monoisotopic (exact) mass is 1640 g/mol. The number of fused-ring (bicyclic) bond motifs is 1. The molecule has 116 heavy (non-hydrogen) atoms. The molecule has 16 atom stereocenters. The number of aromatic amines is 1. The highest BCUT2D eigenvalue weighted by Crippen LogP contribution is 2.22. The van der Waals surface area contributed by atoms with E-state index in [9.17, 15) is 116 Å². The van der Waals surface area contributed by atoms with E-state index in [0.717, 1.165) is 67.0 Å². The number of para-hydroxylation sites is 1. The molecule has 1 fully saturated rings. The summed E-state index contributed by atoms with van der Waals surface area (Å²) in [4.78, 5) is 278. The normalized spacial score (nSPS) is 22.1. The van der Waals surface area contributed by atoms with E-state index in [4.69, 9.17) is 32.4 Å². The molecule has 2 aromatic rings. The number of H-pyrrole nitrogens is 1. The van der Waals surface area contributed by atoms with E-state index in [1.165, 1.54) is 13.8 Å². The van der Waals surface area contributed by atoms with Crippen molar-refractivity contribution in [1.82, 2.24) is 73.7 Å². The van der Waals surface area contributed by atoms with Crippen LogP contribution in [0.3, 0.4) is 0 Å². The first-order valence-corrected chi connectivity index (χ1v) is 37.6. The number of aliphatic hydroxyl groups is 1. The van der Waals surface area contributed by atoms with Crippen molar-refractivity contribution in [1.29, 1.82) is 0 Å². The first-order chi connectivity index (χ1) is 54.6. The van der Waals surface area contributed by atoms with Crippen LogP contribution in [0.1, 0.15) is 150 Å². The minimum atomic E-state index is -2.80. The minimum Gasteiger partial charge on any atom is -0.481 e. The van der Waals surface area contributed by atoms with Gasteiger partial charge >= 0.3 is 23.9 Å². The fourth-order valence-corrected chi connectivity index (χ4v) is 12.0. The van der Waals surface area contributed by atoms with Gasteiger partial charge in [-0.3, -0.25) is 86.3 Å². The van der Waals surface area contributed by atoms with Crippen molar-refractivity contribution < 1.29 is 126 Å². The maximum absolute atomic E-state index is 15.0. The molecule has 1 saturated heterocycles. The van der Waals surface area contributed by atoms with Crippen molar-refractivity contribution in [2.75, 3.05) is 33.8 Å². The van der Waals surface area contributed by atoms with Gasteiger partial charge in [-0.15, -0.1) is 0 Å². The number of nitrogens with two attached hydrogens (primary N) is 4. The van der Waals surface area contributed by atoms with Crippen LogP contribution in [0.25, 0.3) is 10.9 Å². The van der Waals surface area contributed by atoms with Gasteiger partial charge in [-0.05, 0) is 69.5 Å². The summed E-state index contributed by atoms with van der Waals surface area (Å²) in [7, 11) is 1.70. The Bertz CT molecular complexity index is 3860. The number of cyclic esters (lactones) is 1. The second-order valence-electron chi connectivity index (χ2n) is 28.2. The number of aliphatic hydroxyl groups excluding tert-OH is 1. The minimum absolute atomic E-state index is 0.00669. The highest BCUT2D eigenvalue weighted by molar-refractivity contribution is 6.03. The third kappa shape index (κ3) is 32.5. The van der Waals surface area contributed by atoms with E-state index in [1.807, 2.05) is 10.6 Å². The molecule has 0 bridgehead atoms. The number of likely N-dealkylation sites (N-methyl/N-ethyl adjacent to an activating group) is 1. The Balaban J connectivity index is 2.29. The van der Waals surface area contributed by atoms with Crippen molar-refractivity contribution in [2.24, 2.45) is 34.8 Å². The van der Waals surface area contributed by atoms with Gasteiger partial charge in [-0.1, -0.05) is 90.8 Å². The summed E-state index contributed by atoms with van der Waals surface area (Å²) >= 11 is 0. The smallest absolute Gasteiger partial charge is 0.335 e. The lowest BCUT2D eigenvalue weighted by molar-refractivity contribution is -0.159. The van der Waals surface area contributed by atoms with Crippen LogP contribution >= 0.6 is 0 Å². The predicted molar refractivity (Wildman–Crippen MR) is 405 cm³/mol. The molecule has 0 radical (unpaired) electrons. The summed E-state index contributed by atoms with van der Waals surface area (Å²) in [6.45, 7) is 5.68. The Morgan fingerprint density at radius 3 is 1.81 bits per heavy atom. The van der Waals surface area contributed by atoms with Crippen LogP contribution in [-0.2, 0) is 112 Å². The number of nitrogens with zero attached hydrogens (tertiary/aromatic N) is 1. The number of methoxy groups -OCH3 is 1. The summed E-state index contributed by atoms with van der Waals surface area (Å²) in [5, 5.41) is 68.4. The molecule has 1 aliphatic rings. The largest absolute Gasteiger partial charge is 0.481 e. The number of aliphatic carboxylic acids is 3. The molecule has 1 aliphatic heterocycles. The van der Waals surface area contributed by atoms with Gasteiger partial charge in [0.25, 0.3) is 0 Å². The van der Waals surface area contributed by atoms with Crippen LogP contribution in [0.15, 0.2) is 30.5 Å². The van der Waals surface area contributed by atoms with Gasteiger partial charge in [0.1, 0.15) is 72.6 Å². The van der Waals surface area contributed by atoms with E-state index in [2.05, 4.69) is 65.1 Å². The highest BCUT2D eigenvalue weighted by atomic mass is 16.5. The molecule has 1 aromatic heterocycles. The fourth-order valence-electron chi connectivity index (χ4n) is 12.0. The number of hydrogen-bond donors (Lipinski definition) is 21. The molecule has 44 heteroatoms. The first kappa shape index (κ1) is 98.2. The average molecular weight is 1640 g/mol. The van der Waals surface area contributed by atoms with E-state index in [0.29, 0.717) is 34.2 Å². The zero-order chi connectivity index (χ0) is 87.4. The molecular weight excluding hydrogens is 1530 g/mol. The third-order valence-electron chi connectivity index (χ3n) is 18.7. The number of carboxylic acid groups (broad SMARTS) is 3. The van der Waals surface area contributed by atoms with Crippen LogP contribution in [0.4, 0.5) is 0 Å². The molecule has 644 valence electrons. The maximum atomic E-state index is 15.0. The topological polar surface area (TPSA) is 708 Å². The van der Waals surface area contributed by atoms with Crippen LogP contribution in [0.2, 0.25) is 0 Å². The van der Waals surface area contributed by atoms with Crippen LogP contribution < -0.4 is 86.7 Å². The predicted octanol–water partition coefficient (Wildman–Crippen LogP) is -6.82. The third-order valence-corrected chi connectivity index (χ3v) is 18.7. The zero-order valence-electron chi connectivity index (χ0n) is 65.8. The molecule has 1 aromatic carbocycles. The zero-order valence-corrected chi connectivity index (χ0v) is 65.8. The van der Waals surface area contributed by atoms with Gasteiger partial charge < -0.3 is 127 Å². The second-order valence-corrected chi connectivity index (χ2v) is 28.2. The molecule has 0 aliphatic carbocycles. The van der Waals surface area contributed by atoms with E-state index in [1.54, 1.807) is 30.5 Å². The molecule has 3 rings (SSSR count). The summed E-state index contributed by atoms with van der Waals surface area (Å²) < 4.78 is 10.8. The van der Waals surface area contributed by atoms with Crippen molar-refractivity contribution in [2.45, 2.75) is 235 Å². The standard InChI is InChI=1S/C72H110N18O26/c1-9-11-12-13-14-15-16-24-48(93)80-42(27-38-31-77-40-22-18-17-21-39(38)40)63(104)84-44(29-47(75)92)66(107)88-56(58(100)60(76)101)69(110)87-55-37(6)116-72(114)54(34(3)10-2)86-68(109)53(35(4)26-51(96)97)85-65(106)43(28-46(74)91)81-49(94)32-78-67(108)57(59(115-8)71(112)113)89-62(103)41(23-19-20-25-73)82-64(105)45(30-52(98)99)83-61(102)36(5)79-50(95)33-90(7)70(55)111/h17-18,21-22,31,34-37,41-45,53-59,77,100H,9-16,19-20,23-30,32-33,73H2,1-8H3,(H2,74,91)(H2,75,92)(H2,76,101)(H,78,108)(H,79,95)(H,80,93)(H,81,94)(H,82,105)(H,83,102)(H,84,104)(H,85,106)(H,86,109)(H,87,110)(H,88,107)(H,89,103)(H,96,97)(H,98,99)(H,112,113). The number of hydrogen-bond acceptors (Lipinski definition) is 24. The average Bonchev–Trinajstić information content (AvgIpc) is 1.40. The first-order valence-electron chi connectivity index (χ1n) is 37.6. The van der Waals surface area contributed by atoms with Crippen molar-refractivity contribution in [3.05, 3.63) is 36.0 Å². The lowest BCUT2D eigenvalue weighted by Crippen LogP contribution is -2.65. The number of rotatable bonds is 37. The summed E-state index contributed by atoms with van der Waals surface area (Å²) in [6, 6.07) is -15.8. The number of carbonyl (C=O) groups is 20. The van der Waals surface area contributed by atoms with Gasteiger partial charge in [0.15, 0.2) is 12.2 Å². The lowest BCUT2D eigenvalue weighted by Gasteiger charge is -2.33. The van der Waals surface area contributed by atoms with Crippen LogP contribution in [0, 0.1) is 11.8 Å². The molecule has 2 heterocycles. The van der Waals surface area contributed by atoms with Gasteiger partial charge in [0.05, 0.1) is 38.8 Å². The van der Waals surface area contributed by atoms with Gasteiger partial charge in [0.2, 0.25) is 94.5 Å². The number of unbranched alkanes of at least 4 members (excludes halogenated alkanes) is 7. The second kappa shape index (κ2) is 49.0. The van der Waals surface area contributed by atoms with Gasteiger partial charge in [-0.25, -0.2) is 9.59 Å². The molecule has 16 amide bonds. The van der Waals surface area contributed by atoms with E-state index < -0.39 is 254 Å². The number of primary amides is 3. The number of aromatic nitrogens is 1. The molecule has 16 unspecified atom stereocenters. The highest BCUT2D eigenvalue weighted by Gasteiger charge is 2.44. The number of carbonyl (C=O) groups excluding carboxylic acids is 17. The van der Waals surface area contributed by atoms with Crippen LogP contribution in [-0.4, -0.2) is 267 Å². The molecular formula is C72H110N18O26. The molecule has 0 saturated carbocycles. The van der Waals surface area contributed by atoms with Gasteiger partial charge in [-0.2, -0.15) is 0 Å². The quantitative estimate of drug-likeness (QED) is 0.0221. The Labute approximate surface area is 666 Å². The Hall–Kier alpha value is -12.0. The number of nitrogens with one attached hydrogen (secondary N) is 13. The fraction of sp³-hybridized carbons (Fsp3) is 0.611. The van der Waals surface area contributed by atoms with Crippen LogP contribution in [0.5, 0.6) is 0 Å². The maximum Gasteiger partial charge on any atom is 0.335 e. The Kier molecular flexibility index (Phi) is 41.5. The van der Waals surface area contributed by atoms with E-state index in [-0.39, 0.29) is 45.1 Å². The van der Waals surface area contributed by atoms with Crippen molar-refractivity contribution >= 4 is 129 Å². The molecule has 25 N–H and O–H groups in total. The number of esters is 1. The SMILES string of the molecule is CCCCCCCCCC(=O)NC(Cc1c[nH]c2ccccc12)C(=O)NC(CC(N)=O)C(=O)NC(C(=O)NC1C(=O)N(C)CC(=O)NC(C)C(=O)NC(CC(=O)O)C(=O)NC(CCCCN)C(=O)NC(C(OC)C(=O)O)C(=O)NCC(=O)NC(CC(N)=O)C(=O)NC(C(C)CC(=O)O)C(=O)NC(C(C)CC)C(=O)OC1C)C(O)C(N)=O. The van der Waals surface area contributed by atoms with E-state index >= 15 is 0 Å². The van der Waals surface area contributed by atoms with Crippen molar-refractivity contribution in [3.8, 4) is 0 Å². The molecule has 0 spiro atoms. The van der Waals surface area contributed by atoms with Gasteiger partial charge in [0, 0.05) is 44.1 Å². The Morgan fingerprint density at radius 2 is 1.22 bits per heavy atom. The molecule has 44 nitrogen and oxygen atoms in total. The Morgan fingerprint density at radius 1 is 0.621 bits per heavy atom. The number of amides is 16. The lowest BCUT2D eigenvalue weighted by atomic mass is 9.94. The summed E-state index contributed by atoms with van der Waals surface area (Å²) in [5.41, 5.74) is 23.4. The number of ether oxygens (including phenoxy) is 2. The van der Waals surface area contributed by atoms with Crippen molar-refractivity contribution in [3.63, 3.8) is 0 Å². The number of carboxylic acids is 3. The summed E-state index contributed by atoms with van der Waals surface area (Å²) in [5.74, 6) is -30.8.